The first-order valence-corrected chi connectivity index (χ1v) is 11.7. The summed E-state index contributed by atoms with van der Waals surface area (Å²) in [7, 11) is -4.37. The van der Waals surface area contributed by atoms with Crippen LogP contribution < -0.4 is 5.14 Å². The molecule has 1 amide bonds. The molecule has 1 fully saturated rings. The fourth-order valence-electron chi connectivity index (χ4n) is 3.98. The van der Waals surface area contributed by atoms with Gasteiger partial charge < -0.3 is 19.1 Å². The monoisotopic (exact) mass is 498 g/mol. The van der Waals surface area contributed by atoms with Crippen molar-refractivity contribution < 1.29 is 36.2 Å². The number of nitrogens with two attached hydrogens (primary N) is 1. The number of aromatic nitrogens is 2. The minimum Gasteiger partial charge on any atom is -0.465 e. The van der Waals surface area contributed by atoms with E-state index in [0.717, 1.165) is 17.7 Å². The molecule has 0 bridgehead atoms. The molecule has 9 nitrogen and oxygen atoms in total. The predicted octanol–water partition coefficient (Wildman–Crippen LogP) is 2.90. The highest BCUT2D eigenvalue weighted by molar-refractivity contribution is 7.89. The van der Waals surface area contributed by atoms with Crippen LogP contribution in [0.5, 0.6) is 0 Å². The van der Waals surface area contributed by atoms with Crippen LogP contribution in [0.3, 0.4) is 0 Å². The molecular weight excluding hydrogens is 477 g/mol. The number of hydrogen-bond donors (Lipinski definition) is 2. The van der Waals surface area contributed by atoms with E-state index in [2.05, 4.69) is 4.98 Å². The fraction of sp³-hybridized carbons (Fsp3) is 0.333. The highest BCUT2D eigenvalue weighted by Gasteiger charge is 2.37. The lowest BCUT2D eigenvalue weighted by Crippen LogP contribution is -2.45. The second-order valence-corrected chi connectivity index (χ2v) is 9.58. The minimum atomic E-state index is -4.89. The number of fused-ring (bicyclic) bond motifs is 1. The van der Waals surface area contributed by atoms with Gasteiger partial charge in [-0.3, -0.25) is 0 Å². The van der Waals surface area contributed by atoms with E-state index in [-0.39, 0.29) is 37.4 Å². The largest absolute Gasteiger partial charge is 0.465 e. The molecule has 4 rings (SSSR count). The van der Waals surface area contributed by atoms with Crippen molar-refractivity contribution in [2.45, 2.75) is 30.5 Å². The SMILES string of the molecule is Cc1ccn2c(C[C@H]3CN(C(=O)O)CCO3)c(-c3ccc(S(N)(=O)=O)cc3C(F)(F)F)nc2c1. The maximum absolute atomic E-state index is 14.0. The van der Waals surface area contributed by atoms with Crippen molar-refractivity contribution in [3.8, 4) is 11.3 Å². The molecule has 34 heavy (non-hydrogen) atoms. The second-order valence-electron chi connectivity index (χ2n) is 8.02. The molecule has 1 aromatic carbocycles. The average molecular weight is 498 g/mol. The quantitative estimate of drug-likeness (QED) is 0.570. The number of nitrogens with zero attached hydrogens (tertiary/aromatic N) is 3. The third-order valence-electron chi connectivity index (χ3n) is 5.59. The number of alkyl halides is 3. The van der Waals surface area contributed by atoms with Crippen molar-refractivity contribution in [3.05, 3.63) is 53.3 Å². The summed E-state index contributed by atoms with van der Waals surface area (Å²) in [6.07, 6.45) is -4.86. The predicted molar refractivity (Wildman–Crippen MR) is 115 cm³/mol. The van der Waals surface area contributed by atoms with Crippen molar-refractivity contribution in [2.24, 2.45) is 5.14 Å². The number of hydrogen-bond acceptors (Lipinski definition) is 5. The highest BCUT2D eigenvalue weighted by Crippen LogP contribution is 2.39. The first-order valence-electron chi connectivity index (χ1n) is 10.2. The molecule has 1 saturated heterocycles. The molecule has 2 aromatic heterocycles. The summed E-state index contributed by atoms with van der Waals surface area (Å²) >= 11 is 0. The van der Waals surface area contributed by atoms with Gasteiger partial charge in [0.05, 0.1) is 41.1 Å². The molecule has 13 heteroatoms. The van der Waals surface area contributed by atoms with Crippen LogP contribution in [-0.4, -0.2) is 59.7 Å². The smallest absolute Gasteiger partial charge is 0.417 e. The maximum Gasteiger partial charge on any atom is 0.417 e. The molecule has 3 N–H and O–H groups in total. The third kappa shape index (κ3) is 4.72. The van der Waals surface area contributed by atoms with Crippen LogP contribution in [0.2, 0.25) is 0 Å². The van der Waals surface area contributed by atoms with Gasteiger partial charge in [0.25, 0.3) is 0 Å². The number of imidazole rings is 1. The van der Waals surface area contributed by atoms with Gasteiger partial charge in [-0.15, -0.1) is 0 Å². The number of carboxylic acid groups (broad SMARTS) is 1. The molecule has 1 atom stereocenters. The first kappa shape index (κ1) is 24.0. The molecular formula is C21H21F3N4O5S. The van der Waals surface area contributed by atoms with Gasteiger partial charge in [-0.05, 0) is 36.8 Å². The van der Waals surface area contributed by atoms with Crippen LogP contribution >= 0.6 is 0 Å². The van der Waals surface area contributed by atoms with E-state index >= 15 is 0 Å². The Morgan fingerprint density at radius 2 is 2.03 bits per heavy atom. The molecule has 0 aliphatic carbocycles. The van der Waals surface area contributed by atoms with Gasteiger partial charge >= 0.3 is 12.3 Å². The van der Waals surface area contributed by atoms with E-state index in [1.165, 1.54) is 4.90 Å². The van der Waals surface area contributed by atoms with E-state index in [4.69, 9.17) is 9.88 Å². The Hall–Kier alpha value is -3.16. The summed E-state index contributed by atoms with van der Waals surface area (Å²) in [6, 6.07) is 5.99. The number of pyridine rings is 1. The van der Waals surface area contributed by atoms with Crippen molar-refractivity contribution in [2.75, 3.05) is 19.7 Å². The number of sulfonamides is 1. The molecule has 0 radical (unpaired) electrons. The van der Waals surface area contributed by atoms with Gasteiger partial charge in [0, 0.05) is 24.7 Å². The third-order valence-corrected chi connectivity index (χ3v) is 6.50. The zero-order valence-electron chi connectivity index (χ0n) is 17.9. The zero-order valence-corrected chi connectivity index (χ0v) is 18.7. The number of carbonyl (C=O) groups is 1. The Kier molecular flexibility index (Phi) is 6.04. The van der Waals surface area contributed by atoms with Crippen LogP contribution in [0.25, 0.3) is 16.9 Å². The van der Waals surface area contributed by atoms with Crippen molar-refractivity contribution >= 4 is 21.8 Å². The normalized spacial score (nSPS) is 17.3. The Labute approximate surface area is 192 Å². The summed E-state index contributed by atoms with van der Waals surface area (Å²) < 4.78 is 72.6. The van der Waals surface area contributed by atoms with Crippen molar-refractivity contribution in [3.63, 3.8) is 0 Å². The lowest BCUT2D eigenvalue weighted by molar-refractivity contribution is -0.137. The number of rotatable bonds is 4. The number of amides is 1. The van der Waals surface area contributed by atoms with Crippen molar-refractivity contribution in [1.82, 2.24) is 14.3 Å². The van der Waals surface area contributed by atoms with Crippen LogP contribution in [0.15, 0.2) is 41.4 Å². The highest BCUT2D eigenvalue weighted by atomic mass is 32.2. The topological polar surface area (TPSA) is 127 Å². The van der Waals surface area contributed by atoms with Crippen LogP contribution in [0, 0.1) is 6.92 Å². The van der Waals surface area contributed by atoms with E-state index in [1.807, 2.05) is 6.92 Å². The Balaban J connectivity index is 1.89. The van der Waals surface area contributed by atoms with E-state index in [1.54, 1.807) is 22.7 Å². The number of morpholine rings is 1. The van der Waals surface area contributed by atoms with Crippen LogP contribution in [0.4, 0.5) is 18.0 Å². The second kappa shape index (κ2) is 8.56. The molecule has 0 spiro atoms. The molecule has 1 aliphatic heterocycles. The summed E-state index contributed by atoms with van der Waals surface area (Å²) in [5.41, 5.74) is 0.0806. The number of aryl methyl sites for hydroxylation is 1. The average Bonchev–Trinajstić information content (AvgIpc) is 3.09. The molecule has 0 saturated carbocycles. The Morgan fingerprint density at radius 1 is 1.29 bits per heavy atom. The number of ether oxygens (including phenoxy) is 1. The van der Waals surface area contributed by atoms with Crippen LogP contribution in [0.1, 0.15) is 16.8 Å². The lowest BCUT2D eigenvalue weighted by atomic mass is 10.00. The van der Waals surface area contributed by atoms with E-state index < -0.39 is 38.9 Å². The summed E-state index contributed by atoms with van der Waals surface area (Å²) in [6.45, 7) is 2.20. The Morgan fingerprint density at radius 3 is 2.68 bits per heavy atom. The van der Waals surface area contributed by atoms with Gasteiger partial charge in [0.1, 0.15) is 5.65 Å². The van der Waals surface area contributed by atoms with Crippen molar-refractivity contribution in [1.29, 1.82) is 0 Å². The number of halogens is 3. The molecule has 3 heterocycles. The van der Waals surface area contributed by atoms with E-state index in [9.17, 15) is 31.5 Å². The standard InChI is InChI=1S/C21H21F3N4O5S/c1-12-4-5-28-17(9-13-11-27(20(29)30)6-7-33-13)19(26-18(28)8-12)15-3-2-14(34(25,31)32)10-16(15)21(22,23)24/h2-5,8,10,13H,6-7,9,11H2,1H3,(H,29,30)(H2,25,31,32)/t13-/m0/s1. The Bertz CT molecular complexity index is 1370. The van der Waals surface area contributed by atoms with Gasteiger partial charge in [-0.2, -0.15) is 13.2 Å². The number of benzene rings is 1. The summed E-state index contributed by atoms with van der Waals surface area (Å²) in [5.74, 6) is 0. The molecule has 0 unspecified atom stereocenters. The van der Waals surface area contributed by atoms with E-state index in [0.29, 0.717) is 17.4 Å². The first-order chi connectivity index (χ1) is 15.8. The van der Waals surface area contributed by atoms with Gasteiger partial charge in [0.2, 0.25) is 10.0 Å². The van der Waals surface area contributed by atoms with Crippen LogP contribution in [-0.2, 0) is 27.4 Å². The fourth-order valence-corrected chi connectivity index (χ4v) is 4.52. The lowest BCUT2D eigenvalue weighted by Gasteiger charge is -2.31. The summed E-state index contributed by atoms with van der Waals surface area (Å²) in [5, 5.41) is 14.3. The van der Waals surface area contributed by atoms with Gasteiger partial charge in [0.15, 0.2) is 0 Å². The minimum absolute atomic E-state index is 0.00468. The molecule has 1 aliphatic rings. The molecule has 182 valence electrons. The van der Waals surface area contributed by atoms with Gasteiger partial charge in [-0.25, -0.2) is 23.3 Å². The molecule has 3 aromatic rings. The summed E-state index contributed by atoms with van der Waals surface area (Å²) in [4.78, 5) is 16.3. The zero-order chi connectivity index (χ0) is 24.8. The van der Waals surface area contributed by atoms with Gasteiger partial charge in [-0.1, -0.05) is 6.07 Å². The number of primary sulfonamides is 1. The maximum atomic E-state index is 14.0.